The quantitative estimate of drug-likeness (QED) is 0.271. The van der Waals surface area contributed by atoms with E-state index in [1.165, 1.54) is 0 Å². The minimum absolute atomic E-state index is 0.0499. The third-order valence-corrected chi connectivity index (χ3v) is 4.37. The van der Waals surface area contributed by atoms with Gasteiger partial charge >= 0.3 is 6.16 Å². The molecule has 1 aliphatic heterocycles. The van der Waals surface area contributed by atoms with Gasteiger partial charge in [0, 0.05) is 6.54 Å². The Morgan fingerprint density at radius 3 is 2.71 bits per heavy atom. The summed E-state index contributed by atoms with van der Waals surface area (Å²) < 4.78 is 10.2. The molecule has 0 radical (unpaired) electrons. The van der Waals surface area contributed by atoms with E-state index in [4.69, 9.17) is 32.7 Å². The van der Waals surface area contributed by atoms with E-state index in [1.807, 2.05) is 0 Å². The molecule has 1 heterocycles. The standard InChI is InChI=1S/C16H20Cl2N4O6/c1-11(28-16(23)26-9-2-3-10-27-22(24)25)21-8-7-19-15(21)20-14-12(17)5-4-6-13(14)18/h4-6,11H,2-3,7-10H2,1H3,(H,19,20). The lowest BCUT2D eigenvalue weighted by Gasteiger charge is -2.27. The molecule has 0 aromatic heterocycles. The molecule has 10 nitrogen and oxygen atoms in total. The Kier molecular flexibility index (Phi) is 8.40. The van der Waals surface area contributed by atoms with Crippen LogP contribution in [0, 0.1) is 10.1 Å². The number of ether oxygens (including phenoxy) is 2. The largest absolute Gasteiger partial charge is 0.510 e. The number of carbonyl (C=O) groups is 1. The fourth-order valence-corrected chi connectivity index (χ4v) is 2.88. The van der Waals surface area contributed by atoms with E-state index in [1.54, 1.807) is 30.0 Å². The summed E-state index contributed by atoms with van der Waals surface area (Å²) in [5.74, 6) is 0.479. The number of carbonyl (C=O) groups excluding carboxylic acids is 1. The smallest absolute Gasteiger partial charge is 0.434 e. The molecule has 0 bridgehead atoms. The van der Waals surface area contributed by atoms with Crippen LogP contribution >= 0.6 is 23.2 Å². The third kappa shape index (κ3) is 6.61. The highest BCUT2D eigenvalue weighted by atomic mass is 35.5. The molecule has 0 saturated carbocycles. The van der Waals surface area contributed by atoms with Gasteiger partial charge in [0.05, 0.1) is 35.5 Å². The molecule has 28 heavy (non-hydrogen) atoms. The first-order chi connectivity index (χ1) is 13.4. The normalized spacial score (nSPS) is 14.2. The maximum Gasteiger partial charge on any atom is 0.510 e. The first-order valence-electron chi connectivity index (χ1n) is 8.51. The topological polar surface area (TPSA) is 116 Å². The second-order valence-electron chi connectivity index (χ2n) is 5.70. The molecule has 1 aromatic carbocycles. The van der Waals surface area contributed by atoms with Crippen molar-refractivity contribution in [1.82, 2.24) is 4.90 Å². The third-order valence-electron chi connectivity index (χ3n) is 3.74. The van der Waals surface area contributed by atoms with E-state index < -0.39 is 17.5 Å². The average Bonchev–Trinajstić information content (AvgIpc) is 3.09. The summed E-state index contributed by atoms with van der Waals surface area (Å²) in [6.45, 7) is 2.76. The predicted octanol–water partition coefficient (Wildman–Crippen LogP) is 3.56. The zero-order chi connectivity index (χ0) is 20.5. The zero-order valence-corrected chi connectivity index (χ0v) is 16.6. The van der Waals surface area contributed by atoms with Crippen molar-refractivity contribution in [3.8, 4) is 0 Å². The molecular formula is C16H20Cl2N4O6. The number of hydrogen-bond acceptors (Lipinski definition) is 9. The highest BCUT2D eigenvalue weighted by molar-refractivity contribution is 6.39. The van der Waals surface area contributed by atoms with Gasteiger partial charge in [-0.1, -0.05) is 29.3 Å². The fourth-order valence-electron chi connectivity index (χ4n) is 2.39. The van der Waals surface area contributed by atoms with E-state index in [-0.39, 0.29) is 13.2 Å². The molecule has 1 aliphatic rings. The van der Waals surface area contributed by atoms with Crippen LogP contribution in [0.1, 0.15) is 19.8 Å². The first kappa shape index (κ1) is 21.8. The molecule has 12 heteroatoms. The van der Waals surface area contributed by atoms with Crippen LogP contribution in [-0.2, 0) is 14.3 Å². The predicted molar refractivity (Wildman–Crippen MR) is 103 cm³/mol. The number of anilines is 1. The second kappa shape index (κ2) is 10.8. The Balaban J connectivity index is 1.78. The van der Waals surface area contributed by atoms with Crippen molar-refractivity contribution in [2.24, 2.45) is 4.99 Å². The van der Waals surface area contributed by atoms with Crippen LogP contribution in [0.3, 0.4) is 0 Å². The number of nitrogens with one attached hydrogen (secondary N) is 1. The summed E-state index contributed by atoms with van der Waals surface area (Å²) in [5.41, 5.74) is 0.517. The number of nitrogens with zero attached hydrogens (tertiary/aromatic N) is 3. The van der Waals surface area contributed by atoms with Gasteiger partial charge in [-0.3, -0.25) is 4.99 Å². The number of guanidine groups is 1. The van der Waals surface area contributed by atoms with Crippen molar-refractivity contribution in [3.63, 3.8) is 0 Å². The number of para-hydroxylation sites is 1. The highest BCUT2D eigenvalue weighted by Gasteiger charge is 2.26. The fraction of sp³-hybridized carbons (Fsp3) is 0.500. The van der Waals surface area contributed by atoms with E-state index in [0.29, 0.717) is 47.6 Å². The van der Waals surface area contributed by atoms with Gasteiger partial charge in [0.25, 0.3) is 5.09 Å². The van der Waals surface area contributed by atoms with Crippen LogP contribution in [-0.4, -0.2) is 54.6 Å². The van der Waals surface area contributed by atoms with Crippen molar-refractivity contribution >= 4 is 41.0 Å². The molecule has 0 spiro atoms. The van der Waals surface area contributed by atoms with Crippen LogP contribution < -0.4 is 5.32 Å². The number of aliphatic imine (C=N–C) groups is 1. The summed E-state index contributed by atoms with van der Waals surface area (Å²) in [7, 11) is 0. The maximum absolute atomic E-state index is 11.8. The van der Waals surface area contributed by atoms with Crippen molar-refractivity contribution in [2.75, 3.05) is 31.6 Å². The Hall–Kier alpha value is -2.46. The number of benzene rings is 1. The number of hydrogen-bond donors (Lipinski definition) is 1. The zero-order valence-electron chi connectivity index (χ0n) is 15.1. The molecule has 154 valence electrons. The average molecular weight is 435 g/mol. The van der Waals surface area contributed by atoms with Crippen LogP contribution in [0.4, 0.5) is 10.5 Å². The first-order valence-corrected chi connectivity index (χ1v) is 9.27. The molecule has 0 fully saturated rings. The maximum atomic E-state index is 11.8. The second-order valence-corrected chi connectivity index (χ2v) is 6.51. The SMILES string of the molecule is CC(OC(=O)OCCCCO[N+](=O)[O-])N1CCN=C1Nc1c(Cl)cccc1Cl. The summed E-state index contributed by atoms with van der Waals surface area (Å²) in [6.07, 6.45) is -0.680. The van der Waals surface area contributed by atoms with E-state index in [9.17, 15) is 14.9 Å². The van der Waals surface area contributed by atoms with E-state index in [0.717, 1.165) is 0 Å². The molecule has 0 saturated heterocycles. The number of rotatable bonds is 9. The summed E-state index contributed by atoms with van der Waals surface area (Å²) >= 11 is 12.3. The van der Waals surface area contributed by atoms with Gasteiger partial charge in [0.15, 0.2) is 6.23 Å². The Bertz CT molecular complexity index is 713. The van der Waals surface area contributed by atoms with Gasteiger partial charge in [-0.25, -0.2) is 4.79 Å². The molecule has 1 unspecified atom stereocenters. The molecule has 0 aliphatic carbocycles. The van der Waals surface area contributed by atoms with Crippen LogP contribution in [0.15, 0.2) is 23.2 Å². The highest BCUT2D eigenvalue weighted by Crippen LogP contribution is 2.30. The molecular weight excluding hydrogens is 415 g/mol. The monoisotopic (exact) mass is 434 g/mol. The molecule has 0 amide bonds. The van der Waals surface area contributed by atoms with Crippen LogP contribution in [0.5, 0.6) is 0 Å². The Morgan fingerprint density at radius 1 is 1.36 bits per heavy atom. The lowest BCUT2D eigenvalue weighted by molar-refractivity contribution is -0.757. The molecule has 1 atom stereocenters. The lowest BCUT2D eigenvalue weighted by Crippen LogP contribution is -2.42. The van der Waals surface area contributed by atoms with Crippen molar-refractivity contribution in [1.29, 1.82) is 0 Å². The molecule has 2 rings (SSSR count). The van der Waals surface area contributed by atoms with Crippen molar-refractivity contribution < 1.29 is 24.2 Å². The minimum Gasteiger partial charge on any atom is -0.434 e. The summed E-state index contributed by atoms with van der Waals surface area (Å²) in [4.78, 5) is 32.1. The van der Waals surface area contributed by atoms with Crippen molar-refractivity contribution in [2.45, 2.75) is 26.0 Å². The van der Waals surface area contributed by atoms with Gasteiger partial charge in [-0.05, 0) is 31.9 Å². The van der Waals surface area contributed by atoms with Crippen LogP contribution in [0.2, 0.25) is 10.0 Å². The van der Waals surface area contributed by atoms with Gasteiger partial charge in [-0.2, -0.15) is 0 Å². The summed E-state index contributed by atoms with van der Waals surface area (Å²) in [5, 5.41) is 13.1. The summed E-state index contributed by atoms with van der Waals surface area (Å²) in [6, 6.07) is 5.13. The Labute approximate surface area is 171 Å². The number of unbranched alkanes of at least 4 members (excludes halogenated alkanes) is 1. The van der Waals surface area contributed by atoms with E-state index in [2.05, 4.69) is 15.1 Å². The van der Waals surface area contributed by atoms with Crippen LogP contribution in [0.25, 0.3) is 0 Å². The molecule has 1 N–H and O–H groups in total. The van der Waals surface area contributed by atoms with Gasteiger partial charge in [0.1, 0.15) is 0 Å². The molecule has 1 aromatic rings. The number of halogens is 2. The van der Waals surface area contributed by atoms with E-state index >= 15 is 0 Å². The van der Waals surface area contributed by atoms with Gasteiger partial charge in [-0.15, -0.1) is 10.1 Å². The Morgan fingerprint density at radius 2 is 2.04 bits per heavy atom. The minimum atomic E-state index is -0.865. The van der Waals surface area contributed by atoms with Gasteiger partial charge in [0.2, 0.25) is 5.96 Å². The lowest BCUT2D eigenvalue weighted by atomic mass is 10.3. The van der Waals surface area contributed by atoms with Gasteiger partial charge < -0.3 is 24.5 Å². The van der Waals surface area contributed by atoms with Crippen molar-refractivity contribution in [3.05, 3.63) is 38.4 Å².